The van der Waals surface area contributed by atoms with Gasteiger partial charge in [0.05, 0.1) is 28.5 Å². The van der Waals surface area contributed by atoms with E-state index in [1.165, 1.54) is 23.3 Å². The maximum absolute atomic E-state index is 13.2. The van der Waals surface area contributed by atoms with Crippen molar-refractivity contribution in [3.63, 3.8) is 0 Å². The molecule has 1 amide bonds. The highest BCUT2D eigenvalue weighted by molar-refractivity contribution is 7.91. The molecule has 2 aromatic heterocycles. The van der Waals surface area contributed by atoms with Crippen molar-refractivity contribution in [2.45, 2.75) is 64.6 Å². The van der Waals surface area contributed by atoms with Crippen LogP contribution < -0.4 is 10.6 Å². The standard InChI is InChI=1S/C33H37N5O6S/c1-19(2)28(33(41)42)18-45(43,44)24-7-5-22(6-8-24)16-35-32(40)30-15-23(38-31(37-30)13-14-36-38)17-34-29-12-11-26-20(3)25(21(4)39)9-10-27(26)29/h5-10,13-15,19,28-29,34H,11-12,16-18H2,1-4H3,(H,35,40)(H,41,42)/t28-,29-/m0/s1. The smallest absolute Gasteiger partial charge is 0.307 e. The first kappa shape index (κ1) is 32.0. The third-order valence-electron chi connectivity index (χ3n) is 8.52. The van der Waals surface area contributed by atoms with E-state index in [2.05, 4.69) is 20.7 Å². The molecule has 2 heterocycles. The second kappa shape index (κ2) is 12.9. The topological polar surface area (TPSA) is 160 Å². The summed E-state index contributed by atoms with van der Waals surface area (Å²) in [5.41, 5.74) is 6.38. The number of hydrogen-bond acceptors (Lipinski definition) is 8. The van der Waals surface area contributed by atoms with Gasteiger partial charge in [-0.05, 0) is 73.1 Å². The maximum Gasteiger partial charge on any atom is 0.307 e. The van der Waals surface area contributed by atoms with Gasteiger partial charge in [-0.1, -0.05) is 38.1 Å². The molecule has 0 bridgehead atoms. The van der Waals surface area contributed by atoms with Gasteiger partial charge in [0.25, 0.3) is 5.91 Å². The van der Waals surface area contributed by atoms with E-state index in [0.717, 1.165) is 29.7 Å². The van der Waals surface area contributed by atoms with Gasteiger partial charge in [0.1, 0.15) is 5.69 Å². The minimum Gasteiger partial charge on any atom is -0.481 e. The molecule has 236 valence electrons. The summed E-state index contributed by atoms with van der Waals surface area (Å²) in [6.07, 6.45) is 3.41. The number of amides is 1. The predicted molar refractivity (Wildman–Crippen MR) is 168 cm³/mol. The molecule has 45 heavy (non-hydrogen) atoms. The van der Waals surface area contributed by atoms with E-state index < -0.39 is 33.4 Å². The highest BCUT2D eigenvalue weighted by Crippen LogP contribution is 2.35. The molecule has 2 atom stereocenters. The van der Waals surface area contributed by atoms with Crippen LogP contribution in [0.3, 0.4) is 0 Å². The Hall–Kier alpha value is -4.42. The van der Waals surface area contributed by atoms with Gasteiger partial charge in [0.15, 0.2) is 21.3 Å². The Balaban J connectivity index is 1.25. The number of nitrogens with zero attached hydrogens (tertiary/aromatic N) is 3. The third-order valence-corrected chi connectivity index (χ3v) is 10.3. The van der Waals surface area contributed by atoms with E-state index in [9.17, 15) is 27.9 Å². The van der Waals surface area contributed by atoms with Crippen LogP contribution in [0, 0.1) is 18.8 Å². The summed E-state index contributed by atoms with van der Waals surface area (Å²) in [4.78, 5) is 41.1. The van der Waals surface area contributed by atoms with Gasteiger partial charge in [-0.2, -0.15) is 5.10 Å². The number of hydrogen-bond donors (Lipinski definition) is 3. The fourth-order valence-corrected chi connectivity index (χ4v) is 7.63. The third kappa shape index (κ3) is 6.81. The monoisotopic (exact) mass is 631 g/mol. The van der Waals surface area contributed by atoms with Crippen LogP contribution in [0.15, 0.2) is 59.6 Å². The van der Waals surface area contributed by atoms with Crippen LogP contribution in [0.25, 0.3) is 5.65 Å². The van der Waals surface area contributed by atoms with E-state index in [4.69, 9.17) is 0 Å². The number of aliphatic carboxylic acids is 1. The Morgan fingerprint density at radius 1 is 1.07 bits per heavy atom. The lowest BCUT2D eigenvalue weighted by molar-refractivity contribution is -0.142. The molecule has 4 aromatic rings. The Kier molecular flexibility index (Phi) is 9.17. The lowest BCUT2D eigenvalue weighted by atomic mass is 9.96. The van der Waals surface area contributed by atoms with Crippen molar-refractivity contribution in [3.8, 4) is 0 Å². The number of Topliss-reactive ketones (excluding diaryl/α,β-unsaturated/α-hetero) is 1. The first-order chi connectivity index (χ1) is 21.4. The normalized spacial score (nSPS) is 15.3. The minimum atomic E-state index is -3.80. The van der Waals surface area contributed by atoms with Crippen LogP contribution in [0.2, 0.25) is 0 Å². The Morgan fingerprint density at radius 2 is 1.80 bits per heavy atom. The van der Waals surface area contributed by atoms with Gasteiger partial charge in [0, 0.05) is 30.8 Å². The summed E-state index contributed by atoms with van der Waals surface area (Å²) in [7, 11) is -3.80. The Morgan fingerprint density at radius 3 is 2.47 bits per heavy atom. The number of rotatable bonds is 12. The number of sulfone groups is 1. The molecule has 5 rings (SSSR count). The summed E-state index contributed by atoms with van der Waals surface area (Å²) < 4.78 is 27.3. The van der Waals surface area contributed by atoms with Gasteiger partial charge < -0.3 is 15.7 Å². The van der Waals surface area contributed by atoms with Crippen LogP contribution in [-0.4, -0.2) is 51.5 Å². The van der Waals surface area contributed by atoms with Crippen molar-refractivity contribution in [3.05, 3.63) is 93.9 Å². The number of aromatic nitrogens is 3. The zero-order chi connectivity index (χ0) is 32.5. The summed E-state index contributed by atoms with van der Waals surface area (Å²) in [6.45, 7) is 7.53. The molecule has 11 nitrogen and oxygen atoms in total. The average Bonchev–Trinajstić information content (AvgIpc) is 3.65. The van der Waals surface area contributed by atoms with Gasteiger partial charge in [-0.25, -0.2) is 17.9 Å². The van der Waals surface area contributed by atoms with Crippen molar-refractivity contribution >= 4 is 33.1 Å². The summed E-state index contributed by atoms with van der Waals surface area (Å²) in [5, 5.41) is 20.2. The van der Waals surface area contributed by atoms with Crippen molar-refractivity contribution in [2.75, 3.05) is 5.75 Å². The van der Waals surface area contributed by atoms with Crippen LogP contribution in [0.5, 0.6) is 0 Å². The molecule has 2 aromatic carbocycles. The van der Waals surface area contributed by atoms with Crippen molar-refractivity contribution in [1.82, 2.24) is 25.2 Å². The summed E-state index contributed by atoms with van der Waals surface area (Å²) in [5.74, 6) is -3.29. The fourth-order valence-electron chi connectivity index (χ4n) is 5.89. The first-order valence-electron chi connectivity index (χ1n) is 14.9. The number of carbonyl (C=O) groups is 3. The number of nitrogens with one attached hydrogen (secondary N) is 2. The van der Waals surface area contributed by atoms with Crippen molar-refractivity contribution < 1.29 is 27.9 Å². The quantitative estimate of drug-likeness (QED) is 0.196. The highest BCUT2D eigenvalue weighted by Gasteiger charge is 2.29. The number of carboxylic acid groups (broad SMARTS) is 1. The molecule has 1 aliphatic rings. The maximum atomic E-state index is 13.2. The molecular weight excluding hydrogens is 594 g/mol. The number of carboxylic acids is 1. The molecule has 0 radical (unpaired) electrons. The van der Waals surface area contributed by atoms with Crippen molar-refractivity contribution in [1.29, 1.82) is 0 Å². The van der Waals surface area contributed by atoms with Gasteiger partial charge in [-0.3, -0.25) is 14.4 Å². The van der Waals surface area contributed by atoms with Gasteiger partial charge >= 0.3 is 5.97 Å². The lowest BCUT2D eigenvalue weighted by Gasteiger charge is -2.17. The predicted octanol–water partition coefficient (Wildman–Crippen LogP) is 4.08. The Bertz CT molecular complexity index is 1880. The van der Waals surface area contributed by atoms with Crippen LogP contribution in [-0.2, 0) is 34.1 Å². The minimum absolute atomic E-state index is 0.0359. The van der Waals surface area contributed by atoms with Crippen molar-refractivity contribution in [2.24, 2.45) is 11.8 Å². The molecule has 0 fully saturated rings. The van der Waals surface area contributed by atoms with E-state index in [0.29, 0.717) is 17.8 Å². The SMILES string of the molecule is CC(=O)c1ccc2c(c1C)CC[C@@H]2NCc1cc(C(=O)NCc2ccc(S(=O)(=O)C[C@H](C(=O)O)C(C)C)cc2)nc2ccnn12. The zero-order valence-corrected chi connectivity index (χ0v) is 26.5. The molecular formula is C33H37N5O6S. The zero-order valence-electron chi connectivity index (χ0n) is 25.7. The number of carbonyl (C=O) groups excluding carboxylic acids is 2. The van der Waals surface area contributed by atoms with Crippen LogP contribution in [0.4, 0.5) is 0 Å². The average molecular weight is 632 g/mol. The van der Waals surface area contributed by atoms with Crippen LogP contribution in [0.1, 0.15) is 82.0 Å². The van der Waals surface area contributed by atoms with Gasteiger partial charge in [0.2, 0.25) is 0 Å². The molecule has 0 saturated heterocycles. The molecule has 1 aliphatic carbocycles. The Labute approximate surface area is 262 Å². The molecule has 3 N–H and O–H groups in total. The molecule has 0 aliphatic heterocycles. The van der Waals surface area contributed by atoms with E-state index in [-0.39, 0.29) is 34.9 Å². The molecule has 0 saturated carbocycles. The summed E-state index contributed by atoms with van der Waals surface area (Å²) in [6, 6.07) is 13.5. The lowest BCUT2D eigenvalue weighted by Crippen LogP contribution is -2.28. The first-order valence-corrected chi connectivity index (χ1v) is 16.5. The summed E-state index contributed by atoms with van der Waals surface area (Å²) >= 11 is 0. The number of benzene rings is 2. The number of fused-ring (bicyclic) bond motifs is 2. The van der Waals surface area contributed by atoms with E-state index in [1.54, 1.807) is 55.7 Å². The highest BCUT2D eigenvalue weighted by atomic mass is 32.2. The molecule has 12 heteroatoms. The van der Waals surface area contributed by atoms with Gasteiger partial charge in [-0.15, -0.1) is 0 Å². The fraction of sp³-hybridized carbons (Fsp3) is 0.364. The second-order valence-electron chi connectivity index (χ2n) is 11.9. The second-order valence-corrected chi connectivity index (χ2v) is 13.9. The largest absolute Gasteiger partial charge is 0.481 e. The molecule has 0 unspecified atom stereocenters. The van der Waals surface area contributed by atoms with Crippen LogP contribution >= 0.6 is 0 Å². The van der Waals surface area contributed by atoms with E-state index >= 15 is 0 Å². The number of ketones is 1. The molecule has 0 spiro atoms. The van der Waals surface area contributed by atoms with E-state index in [1.807, 2.05) is 19.1 Å².